The van der Waals surface area contributed by atoms with Crippen LogP contribution in [0, 0.1) is 5.92 Å². The lowest BCUT2D eigenvalue weighted by atomic mass is 9.97. The van der Waals surface area contributed by atoms with Gasteiger partial charge < -0.3 is 4.74 Å². The van der Waals surface area contributed by atoms with Crippen molar-refractivity contribution >= 4 is 21.7 Å². The molecule has 0 fully saturated rings. The predicted molar refractivity (Wildman–Crippen MR) is 84.2 cm³/mol. The molecule has 0 N–H and O–H groups in total. The third-order valence-corrected chi connectivity index (χ3v) is 3.61. The van der Waals surface area contributed by atoms with Crippen molar-refractivity contribution in [2.75, 3.05) is 6.61 Å². The highest BCUT2D eigenvalue weighted by atomic mass is 79.9. The van der Waals surface area contributed by atoms with Crippen molar-refractivity contribution < 1.29 is 9.53 Å². The lowest BCUT2D eigenvalue weighted by Gasteiger charge is -2.11. The van der Waals surface area contributed by atoms with Crippen LogP contribution in [0.4, 0.5) is 0 Å². The van der Waals surface area contributed by atoms with Gasteiger partial charge in [0.1, 0.15) is 5.75 Å². The van der Waals surface area contributed by atoms with E-state index in [1.807, 2.05) is 61.5 Å². The highest BCUT2D eigenvalue weighted by Crippen LogP contribution is 2.19. The maximum atomic E-state index is 12.2. The maximum Gasteiger partial charge on any atom is 0.165 e. The Labute approximate surface area is 127 Å². The van der Waals surface area contributed by atoms with E-state index >= 15 is 0 Å². The van der Waals surface area contributed by atoms with Gasteiger partial charge in [0.15, 0.2) is 5.78 Å². The molecule has 1 unspecified atom stereocenters. The van der Waals surface area contributed by atoms with Gasteiger partial charge in [-0.2, -0.15) is 0 Å². The van der Waals surface area contributed by atoms with E-state index in [9.17, 15) is 4.79 Å². The van der Waals surface area contributed by atoms with Gasteiger partial charge in [0.2, 0.25) is 0 Å². The number of hydrogen-bond acceptors (Lipinski definition) is 2. The molecule has 0 bridgehead atoms. The summed E-state index contributed by atoms with van der Waals surface area (Å²) in [5.74, 6) is 0.951. The second-order valence-corrected chi connectivity index (χ2v) is 5.64. The minimum atomic E-state index is -0.0375. The molecule has 0 radical (unpaired) electrons. The Bertz CT molecular complexity index is 566. The molecule has 0 aliphatic rings. The summed E-state index contributed by atoms with van der Waals surface area (Å²) in [5, 5.41) is 0. The minimum Gasteiger partial charge on any atom is -0.494 e. The second kappa shape index (κ2) is 7.25. The molecule has 1 atom stereocenters. The molecular formula is C17H17BrO2. The fourth-order valence-electron chi connectivity index (χ4n) is 1.93. The molecule has 0 aromatic heterocycles. The Morgan fingerprint density at radius 1 is 1.15 bits per heavy atom. The van der Waals surface area contributed by atoms with Crippen LogP contribution in [-0.2, 0) is 0 Å². The van der Waals surface area contributed by atoms with Gasteiger partial charge in [0.05, 0.1) is 6.61 Å². The molecule has 0 saturated carbocycles. The van der Waals surface area contributed by atoms with E-state index in [0.29, 0.717) is 13.0 Å². The van der Waals surface area contributed by atoms with E-state index in [1.54, 1.807) is 0 Å². The Morgan fingerprint density at radius 3 is 2.60 bits per heavy atom. The first kappa shape index (κ1) is 14.8. The van der Waals surface area contributed by atoms with E-state index in [1.165, 1.54) is 0 Å². The average Bonchev–Trinajstić information content (AvgIpc) is 2.47. The van der Waals surface area contributed by atoms with Gasteiger partial charge in [-0.25, -0.2) is 0 Å². The zero-order valence-electron chi connectivity index (χ0n) is 11.4. The number of halogens is 1. The monoisotopic (exact) mass is 332 g/mol. The van der Waals surface area contributed by atoms with Crippen molar-refractivity contribution in [3.8, 4) is 5.75 Å². The van der Waals surface area contributed by atoms with Crippen LogP contribution in [0.2, 0.25) is 0 Å². The number of ketones is 1. The molecule has 0 aliphatic carbocycles. The van der Waals surface area contributed by atoms with Crippen molar-refractivity contribution in [2.45, 2.75) is 13.3 Å². The Hall–Kier alpha value is -1.61. The van der Waals surface area contributed by atoms with Crippen molar-refractivity contribution in [3.05, 3.63) is 64.6 Å². The van der Waals surface area contributed by atoms with Gasteiger partial charge in [-0.05, 0) is 24.6 Å². The molecule has 20 heavy (non-hydrogen) atoms. The van der Waals surface area contributed by atoms with E-state index in [4.69, 9.17) is 4.74 Å². The first-order valence-electron chi connectivity index (χ1n) is 6.64. The van der Waals surface area contributed by atoms with Gasteiger partial charge in [0.25, 0.3) is 0 Å². The molecule has 0 heterocycles. The topological polar surface area (TPSA) is 26.3 Å². The molecule has 2 aromatic rings. The van der Waals surface area contributed by atoms with Crippen LogP contribution in [0.25, 0.3) is 0 Å². The van der Waals surface area contributed by atoms with Crippen molar-refractivity contribution in [3.63, 3.8) is 0 Å². The van der Waals surface area contributed by atoms with Gasteiger partial charge in [-0.1, -0.05) is 59.3 Å². The number of ether oxygens (including phenoxy) is 1. The fourth-order valence-corrected chi connectivity index (χ4v) is 2.31. The zero-order valence-corrected chi connectivity index (χ0v) is 13.0. The summed E-state index contributed by atoms with van der Waals surface area (Å²) in [5.41, 5.74) is 0.766. The maximum absolute atomic E-state index is 12.2. The first-order chi connectivity index (χ1) is 9.66. The Morgan fingerprint density at radius 2 is 1.90 bits per heavy atom. The number of Topliss-reactive ketones (excluding diaryl/α,β-unsaturated/α-hetero) is 1. The van der Waals surface area contributed by atoms with Crippen LogP contribution in [0.15, 0.2) is 59.1 Å². The Kier molecular flexibility index (Phi) is 5.36. The van der Waals surface area contributed by atoms with Gasteiger partial charge in [0, 0.05) is 16.0 Å². The van der Waals surface area contributed by atoms with Crippen molar-refractivity contribution in [1.29, 1.82) is 0 Å². The molecule has 0 amide bonds. The van der Waals surface area contributed by atoms with Crippen LogP contribution in [0.1, 0.15) is 23.7 Å². The fraction of sp³-hybridized carbons (Fsp3) is 0.235. The summed E-state index contributed by atoms with van der Waals surface area (Å²) >= 11 is 3.40. The van der Waals surface area contributed by atoms with Gasteiger partial charge in [-0.15, -0.1) is 0 Å². The number of rotatable bonds is 6. The molecule has 3 heteroatoms. The van der Waals surface area contributed by atoms with Crippen LogP contribution in [0.3, 0.4) is 0 Å². The molecule has 104 valence electrons. The van der Waals surface area contributed by atoms with E-state index in [2.05, 4.69) is 15.9 Å². The SMILES string of the molecule is CC(CCOc1cccc(Br)c1)C(=O)c1ccccc1. The molecule has 2 rings (SSSR count). The van der Waals surface area contributed by atoms with E-state index in [-0.39, 0.29) is 11.7 Å². The predicted octanol–water partition coefficient (Wildman–Crippen LogP) is 4.74. The second-order valence-electron chi connectivity index (χ2n) is 4.73. The summed E-state index contributed by atoms with van der Waals surface area (Å²) in [6.45, 7) is 2.48. The summed E-state index contributed by atoms with van der Waals surface area (Å²) in [6, 6.07) is 17.1. The highest BCUT2D eigenvalue weighted by molar-refractivity contribution is 9.10. The third kappa shape index (κ3) is 4.20. The standard InChI is InChI=1S/C17H17BrO2/c1-13(17(19)14-6-3-2-4-7-14)10-11-20-16-9-5-8-15(18)12-16/h2-9,12-13H,10-11H2,1H3. The highest BCUT2D eigenvalue weighted by Gasteiger charge is 2.14. The summed E-state index contributed by atoms with van der Waals surface area (Å²) in [4.78, 5) is 12.2. The summed E-state index contributed by atoms with van der Waals surface area (Å²) < 4.78 is 6.65. The van der Waals surface area contributed by atoms with Crippen molar-refractivity contribution in [1.82, 2.24) is 0 Å². The van der Waals surface area contributed by atoms with Crippen LogP contribution < -0.4 is 4.74 Å². The molecular weight excluding hydrogens is 316 g/mol. The van der Waals surface area contributed by atoms with Gasteiger partial charge >= 0.3 is 0 Å². The van der Waals surface area contributed by atoms with Crippen LogP contribution in [0.5, 0.6) is 5.75 Å². The minimum absolute atomic E-state index is 0.0375. The average molecular weight is 333 g/mol. The summed E-state index contributed by atoms with van der Waals surface area (Å²) in [7, 11) is 0. The van der Waals surface area contributed by atoms with Gasteiger partial charge in [-0.3, -0.25) is 4.79 Å². The molecule has 0 spiro atoms. The number of carbonyl (C=O) groups excluding carboxylic acids is 1. The largest absolute Gasteiger partial charge is 0.494 e. The normalized spacial score (nSPS) is 11.9. The third-order valence-electron chi connectivity index (χ3n) is 3.12. The Balaban J connectivity index is 1.83. The smallest absolute Gasteiger partial charge is 0.165 e. The molecule has 2 aromatic carbocycles. The van der Waals surface area contributed by atoms with Crippen LogP contribution in [-0.4, -0.2) is 12.4 Å². The number of carbonyl (C=O) groups is 1. The number of benzene rings is 2. The summed E-state index contributed by atoms with van der Waals surface area (Å²) in [6.07, 6.45) is 0.709. The number of hydrogen-bond donors (Lipinski definition) is 0. The van der Waals surface area contributed by atoms with Crippen LogP contribution >= 0.6 is 15.9 Å². The molecule has 0 saturated heterocycles. The molecule has 0 aliphatic heterocycles. The molecule has 2 nitrogen and oxygen atoms in total. The lowest BCUT2D eigenvalue weighted by Crippen LogP contribution is -2.14. The lowest BCUT2D eigenvalue weighted by molar-refractivity contribution is 0.0912. The first-order valence-corrected chi connectivity index (χ1v) is 7.44. The van der Waals surface area contributed by atoms with Crippen molar-refractivity contribution in [2.24, 2.45) is 5.92 Å². The van der Waals surface area contributed by atoms with E-state index in [0.717, 1.165) is 15.8 Å². The zero-order chi connectivity index (χ0) is 14.4. The quantitative estimate of drug-likeness (QED) is 0.714. The van der Waals surface area contributed by atoms with E-state index < -0.39 is 0 Å².